The molecule has 0 saturated carbocycles. The number of rotatable bonds is 5. The lowest BCUT2D eigenvalue weighted by molar-refractivity contribution is 0.0730. The molecule has 0 atom stereocenters. The van der Waals surface area contributed by atoms with Crippen molar-refractivity contribution in [3.63, 3.8) is 0 Å². The molecule has 102 valence electrons. The van der Waals surface area contributed by atoms with Gasteiger partial charge in [-0.05, 0) is 24.3 Å². The molecule has 20 heavy (non-hydrogen) atoms. The van der Waals surface area contributed by atoms with Crippen LogP contribution in [0.4, 0.5) is 4.39 Å². The van der Waals surface area contributed by atoms with Crippen LogP contribution in [0.5, 0.6) is 0 Å². The summed E-state index contributed by atoms with van der Waals surface area (Å²) < 4.78 is 18.9. The van der Waals surface area contributed by atoms with E-state index in [9.17, 15) is 9.18 Å². The highest BCUT2D eigenvalue weighted by Gasteiger charge is 2.19. The molecule has 1 amide bonds. The van der Waals surface area contributed by atoms with Crippen molar-refractivity contribution in [2.45, 2.75) is 13.0 Å². The lowest BCUT2D eigenvalue weighted by atomic mass is 10.1. The van der Waals surface area contributed by atoms with Crippen LogP contribution in [0.2, 0.25) is 0 Å². The molecule has 4 nitrogen and oxygen atoms in total. The van der Waals surface area contributed by atoms with Gasteiger partial charge >= 0.3 is 0 Å². The van der Waals surface area contributed by atoms with E-state index in [1.807, 2.05) is 6.07 Å². The molecule has 2 aromatic rings. The van der Waals surface area contributed by atoms with Crippen LogP contribution in [0.15, 0.2) is 47.1 Å². The minimum Gasteiger partial charge on any atom is -0.467 e. The van der Waals surface area contributed by atoms with Crippen LogP contribution in [0.3, 0.4) is 0 Å². The molecule has 5 heteroatoms. The standard InChI is InChI=1S/C15H13FN2O2/c16-14-7-2-1-6-13(14)15(19)18(9-4-8-17)11-12-5-3-10-20-12/h1-3,5-7,10H,4,9,11H2. The average Bonchev–Trinajstić information content (AvgIpc) is 2.96. The zero-order chi connectivity index (χ0) is 14.4. The number of furan rings is 1. The summed E-state index contributed by atoms with van der Waals surface area (Å²) in [4.78, 5) is 13.7. The van der Waals surface area contributed by atoms with Gasteiger partial charge in [0.2, 0.25) is 0 Å². The Hall–Kier alpha value is -2.61. The highest BCUT2D eigenvalue weighted by Crippen LogP contribution is 2.13. The van der Waals surface area contributed by atoms with E-state index in [0.717, 1.165) is 0 Å². The van der Waals surface area contributed by atoms with E-state index in [2.05, 4.69) is 0 Å². The van der Waals surface area contributed by atoms with Gasteiger partial charge in [0.15, 0.2) is 0 Å². The van der Waals surface area contributed by atoms with Gasteiger partial charge in [-0.15, -0.1) is 0 Å². The van der Waals surface area contributed by atoms with Gasteiger partial charge in [-0.1, -0.05) is 12.1 Å². The summed E-state index contributed by atoms with van der Waals surface area (Å²) in [6.07, 6.45) is 1.69. The Morgan fingerprint density at radius 3 is 2.75 bits per heavy atom. The molecule has 0 fully saturated rings. The number of carbonyl (C=O) groups excluding carboxylic acids is 1. The molecule has 1 aromatic heterocycles. The SMILES string of the molecule is N#CCCN(Cc1ccco1)C(=O)c1ccccc1F. The van der Waals surface area contributed by atoms with Crippen molar-refractivity contribution < 1.29 is 13.6 Å². The van der Waals surface area contributed by atoms with E-state index in [-0.39, 0.29) is 25.1 Å². The monoisotopic (exact) mass is 272 g/mol. The van der Waals surface area contributed by atoms with Crippen LogP contribution in [0.1, 0.15) is 22.5 Å². The van der Waals surface area contributed by atoms with Crippen molar-refractivity contribution in [3.05, 3.63) is 59.8 Å². The minimum atomic E-state index is -0.570. The van der Waals surface area contributed by atoms with Gasteiger partial charge in [0.25, 0.3) is 5.91 Å². The summed E-state index contributed by atoms with van der Waals surface area (Å²) in [5.74, 6) is -0.429. The van der Waals surface area contributed by atoms with Crippen LogP contribution in [0.25, 0.3) is 0 Å². The first-order chi connectivity index (χ1) is 9.72. The van der Waals surface area contributed by atoms with Crippen LogP contribution in [0, 0.1) is 17.1 Å². The summed E-state index contributed by atoms with van der Waals surface area (Å²) >= 11 is 0. The Morgan fingerprint density at radius 2 is 2.10 bits per heavy atom. The van der Waals surface area contributed by atoms with Gasteiger partial charge in [0.05, 0.1) is 30.9 Å². The van der Waals surface area contributed by atoms with Gasteiger partial charge in [0, 0.05) is 6.54 Å². The number of benzene rings is 1. The molecule has 0 aliphatic rings. The molecule has 0 saturated heterocycles. The van der Waals surface area contributed by atoms with Crippen molar-refractivity contribution in [1.29, 1.82) is 5.26 Å². The first-order valence-electron chi connectivity index (χ1n) is 6.15. The number of amides is 1. The number of hydrogen-bond donors (Lipinski definition) is 0. The molecule has 1 aromatic carbocycles. The number of hydrogen-bond acceptors (Lipinski definition) is 3. The van der Waals surface area contributed by atoms with Crippen molar-refractivity contribution >= 4 is 5.91 Å². The smallest absolute Gasteiger partial charge is 0.257 e. The summed E-state index contributed by atoms with van der Waals surface area (Å²) in [5, 5.41) is 8.66. The Balaban J connectivity index is 2.20. The second-order valence-corrected chi connectivity index (χ2v) is 4.19. The summed E-state index contributed by atoms with van der Waals surface area (Å²) in [6, 6.07) is 11.2. The van der Waals surface area contributed by atoms with E-state index in [0.29, 0.717) is 5.76 Å². The van der Waals surface area contributed by atoms with E-state index >= 15 is 0 Å². The third-order valence-corrected chi connectivity index (χ3v) is 2.81. The minimum absolute atomic E-state index is 0.00278. The number of nitriles is 1. The van der Waals surface area contributed by atoms with E-state index in [1.165, 1.54) is 29.4 Å². The maximum absolute atomic E-state index is 13.7. The molecule has 1 heterocycles. The fraction of sp³-hybridized carbons (Fsp3) is 0.200. The Kier molecular flexibility index (Phi) is 4.51. The number of nitrogens with zero attached hydrogens (tertiary/aromatic N) is 2. The predicted molar refractivity (Wildman–Crippen MR) is 70.1 cm³/mol. The zero-order valence-electron chi connectivity index (χ0n) is 10.8. The topological polar surface area (TPSA) is 57.2 Å². The molecule has 0 bridgehead atoms. The highest BCUT2D eigenvalue weighted by molar-refractivity contribution is 5.94. The lowest BCUT2D eigenvalue weighted by Crippen LogP contribution is -2.31. The van der Waals surface area contributed by atoms with Gasteiger partial charge < -0.3 is 9.32 Å². The summed E-state index contributed by atoms with van der Waals surface area (Å²) in [6.45, 7) is 0.437. The Bertz CT molecular complexity index is 617. The van der Waals surface area contributed by atoms with Crippen LogP contribution in [-0.2, 0) is 6.54 Å². The second kappa shape index (κ2) is 6.53. The van der Waals surface area contributed by atoms with Gasteiger partial charge in [-0.3, -0.25) is 4.79 Å². The second-order valence-electron chi connectivity index (χ2n) is 4.19. The van der Waals surface area contributed by atoms with Crippen molar-refractivity contribution in [1.82, 2.24) is 4.90 Å². The van der Waals surface area contributed by atoms with Crippen molar-refractivity contribution in [2.24, 2.45) is 0 Å². The number of carbonyl (C=O) groups is 1. The summed E-state index contributed by atoms with van der Waals surface area (Å²) in [7, 11) is 0. The molecular formula is C15H13FN2O2. The number of halogens is 1. The van der Waals surface area contributed by atoms with E-state index in [4.69, 9.17) is 9.68 Å². The summed E-state index contributed by atoms with van der Waals surface area (Å²) in [5.41, 5.74) is -0.00278. The first kappa shape index (κ1) is 13.8. The molecule has 0 aliphatic heterocycles. The predicted octanol–water partition coefficient (Wildman–Crippen LogP) is 2.97. The third kappa shape index (κ3) is 3.23. The largest absolute Gasteiger partial charge is 0.467 e. The fourth-order valence-electron chi connectivity index (χ4n) is 1.83. The maximum atomic E-state index is 13.7. The van der Waals surface area contributed by atoms with Crippen molar-refractivity contribution in [3.8, 4) is 6.07 Å². The van der Waals surface area contributed by atoms with Crippen LogP contribution in [-0.4, -0.2) is 17.4 Å². The molecule has 0 aliphatic carbocycles. The fourth-order valence-corrected chi connectivity index (χ4v) is 1.83. The molecule has 2 rings (SSSR count). The van der Waals surface area contributed by atoms with Gasteiger partial charge in [-0.2, -0.15) is 5.26 Å². The van der Waals surface area contributed by atoms with Gasteiger partial charge in [0.1, 0.15) is 11.6 Å². The van der Waals surface area contributed by atoms with Crippen LogP contribution < -0.4 is 0 Å². The maximum Gasteiger partial charge on any atom is 0.257 e. The Labute approximate surface area is 116 Å². The lowest BCUT2D eigenvalue weighted by Gasteiger charge is -2.20. The molecule has 0 N–H and O–H groups in total. The first-order valence-corrected chi connectivity index (χ1v) is 6.15. The quantitative estimate of drug-likeness (QED) is 0.840. The van der Waals surface area contributed by atoms with E-state index in [1.54, 1.807) is 18.2 Å². The molecule has 0 unspecified atom stereocenters. The van der Waals surface area contributed by atoms with Crippen LogP contribution >= 0.6 is 0 Å². The third-order valence-electron chi connectivity index (χ3n) is 2.81. The Morgan fingerprint density at radius 1 is 1.30 bits per heavy atom. The zero-order valence-corrected chi connectivity index (χ0v) is 10.8. The van der Waals surface area contributed by atoms with Gasteiger partial charge in [-0.25, -0.2) is 4.39 Å². The molecule has 0 radical (unpaired) electrons. The van der Waals surface area contributed by atoms with Crippen molar-refractivity contribution in [2.75, 3.05) is 6.54 Å². The average molecular weight is 272 g/mol. The highest BCUT2D eigenvalue weighted by atomic mass is 19.1. The van der Waals surface area contributed by atoms with E-state index < -0.39 is 11.7 Å². The normalized spacial score (nSPS) is 10.0. The molecule has 0 spiro atoms. The molecular weight excluding hydrogens is 259 g/mol.